The van der Waals surface area contributed by atoms with E-state index in [-0.39, 0.29) is 27.9 Å². The van der Waals surface area contributed by atoms with Crippen LogP contribution in [0.1, 0.15) is 54.9 Å². The molecule has 0 aliphatic rings. The molecule has 0 saturated heterocycles. The van der Waals surface area contributed by atoms with Crippen LogP contribution in [0.15, 0.2) is 53.4 Å². The number of hydrogen-bond donors (Lipinski definition) is 0. The molecule has 2 aromatic rings. The van der Waals surface area contributed by atoms with Gasteiger partial charge in [0.05, 0.1) is 17.8 Å². The van der Waals surface area contributed by atoms with Gasteiger partial charge in [-0.25, -0.2) is 8.42 Å². The molecule has 0 N–H and O–H groups in total. The van der Waals surface area contributed by atoms with E-state index in [2.05, 4.69) is 6.92 Å². The van der Waals surface area contributed by atoms with E-state index in [1.165, 1.54) is 19.2 Å². The topological polar surface area (TPSA) is 77.5 Å². The summed E-state index contributed by atoms with van der Waals surface area (Å²) in [5, 5.41) is 0. The number of unbranched alkanes of at least 4 members (excludes halogenated alkanes) is 1. The number of ether oxygens (including phenoxy) is 1. The van der Waals surface area contributed by atoms with E-state index in [0.717, 1.165) is 25.5 Å². The first-order chi connectivity index (χ1) is 13.9. The summed E-state index contributed by atoms with van der Waals surface area (Å²) in [5.74, 6) is -0.169. The molecule has 1 unspecified atom stereocenters. The van der Waals surface area contributed by atoms with Crippen molar-refractivity contribution in [3.05, 3.63) is 59.7 Å². The maximum atomic E-state index is 13.0. The second-order valence-corrected chi connectivity index (χ2v) is 9.13. The Hall–Kier alpha value is -2.47. The van der Waals surface area contributed by atoms with Crippen molar-refractivity contribution in [1.82, 2.24) is 0 Å². The van der Waals surface area contributed by atoms with Crippen molar-refractivity contribution in [1.29, 1.82) is 0 Å². The zero-order valence-electron chi connectivity index (χ0n) is 17.0. The molecule has 5 nitrogen and oxygen atoms in total. The van der Waals surface area contributed by atoms with Crippen LogP contribution < -0.4 is 4.74 Å². The Morgan fingerprint density at radius 3 is 2.38 bits per heavy atom. The minimum atomic E-state index is -3.69. The van der Waals surface area contributed by atoms with Gasteiger partial charge in [0, 0.05) is 17.0 Å². The standard InChI is InChI=1S/C23H28O5S/c1-3-4-9-18(17-24)10-8-15-29(26,27)22-14-13-20(28-2)16-21(22)23(25)19-11-6-5-7-12-19/h5-7,11-14,16-18H,3-4,8-10,15H2,1-2H3. The second-order valence-electron chi connectivity index (χ2n) is 7.06. The third-order valence-corrected chi connectivity index (χ3v) is 6.76. The van der Waals surface area contributed by atoms with E-state index >= 15 is 0 Å². The van der Waals surface area contributed by atoms with Crippen molar-refractivity contribution < 1.29 is 22.7 Å². The highest BCUT2D eigenvalue weighted by Crippen LogP contribution is 2.26. The Labute approximate surface area is 173 Å². The number of ketones is 1. The Bertz CT molecular complexity index is 920. The molecule has 0 aliphatic carbocycles. The number of carbonyl (C=O) groups is 2. The summed E-state index contributed by atoms with van der Waals surface area (Å²) in [6.45, 7) is 2.06. The molecule has 0 spiro atoms. The summed E-state index contributed by atoms with van der Waals surface area (Å²) in [7, 11) is -2.22. The van der Waals surface area contributed by atoms with Gasteiger partial charge in [-0.05, 0) is 37.5 Å². The molecule has 0 bridgehead atoms. The van der Waals surface area contributed by atoms with Crippen LogP contribution in [0.5, 0.6) is 5.75 Å². The minimum absolute atomic E-state index is 0.00312. The van der Waals surface area contributed by atoms with Crippen molar-refractivity contribution in [2.75, 3.05) is 12.9 Å². The van der Waals surface area contributed by atoms with Gasteiger partial charge in [-0.15, -0.1) is 0 Å². The smallest absolute Gasteiger partial charge is 0.194 e. The molecule has 2 rings (SSSR count). The number of sulfone groups is 1. The largest absolute Gasteiger partial charge is 0.497 e. The van der Waals surface area contributed by atoms with E-state index in [1.54, 1.807) is 36.4 Å². The first-order valence-corrected chi connectivity index (χ1v) is 11.5. The first-order valence-electron chi connectivity index (χ1n) is 9.88. The van der Waals surface area contributed by atoms with Gasteiger partial charge in [0.15, 0.2) is 15.6 Å². The van der Waals surface area contributed by atoms with Crippen LogP contribution in [0.2, 0.25) is 0 Å². The zero-order chi connectivity index (χ0) is 21.3. The highest BCUT2D eigenvalue weighted by atomic mass is 32.2. The Kier molecular flexibility index (Phi) is 8.58. The maximum Gasteiger partial charge on any atom is 0.194 e. The maximum absolute atomic E-state index is 13.0. The third kappa shape index (κ3) is 6.26. The fourth-order valence-electron chi connectivity index (χ4n) is 3.22. The average Bonchev–Trinajstić information content (AvgIpc) is 2.75. The fourth-order valence-corrected chi connectivity index (χ4v) is 4.75. The average molecular weight is 417 g/mol. The van der Waals surface area contributed by atoms with Gasteiger partial charge >= 0.3 is 0 Å². The van der Waals surface area contributed by atoms with Gasteiger partial charge in [-0.2, -0.15) is 0 Å². The van der Waals surface area contributed by atoms with Gasteiger partial charge in [0.1, 0.15) is 12.0 Å². The summed E-state index contributed by atoms with van der Waals surface area (Å²) in [5.41, 5.74) is 0.520. The van der Waals surface area contributed by atoms with Gasteiger partial charge in [-0.1, -0.05) is 50.1 Å². The SMILES string of the molecule is CCCCC(C=O)CCCS(=O)(=O)c1ccc(OC)cc1C(=O)c1ccccc1. The van der Waals surface area contributed by atoms with E-state index in [9.17, 15) is 18.0 Å². The molecule has 156 valence electrons. The van der Waals surface area contributed by atoms with Gasteiger partial charge < -0.3 is 9.53 Å². The lowest BCUT2D eigenvalue weighted by atomic mass is 9.99. The van der Waals surface area contributed by atoms with Crippen molar-refractivity contribution in [3.8, 4) is 5.75 Å². The lowest BCUT2D eigenvalue weighted by molar-refractivity contribution is -0.111. The van der Waals surface area contributed by atoms with Crippen LogP contribution in [-0.4, -0.2) is 33.3 Å². The minimum Gasteiger partial charge on any atom is -0.497 e. The number of benzene rings is 2. The van der Waals surface area contributed by atoms with Crippen molar-refractivity contribution >= 4 is 21.9 Å². The van der Waals surface area contributed by atoms with Crippen molar-refractivity contribution in [2.45, 2.75) is 43.9 Å². The molecular formula is C23H28O5S. The van der Waals surface area contributed by atoms with Crippen LogP contribution in [-0.2, 0) is 14.6 Å². The van der Waals surface area contributed by atoms with Crippen molar-refractivity contribution in [2.24, 2.45) is 5.92 Å². The summed E-state index contributed by atoms with van der Waals surface area (Å²) < 4.78 is 31.2. The van der Waals surface area contributed by atoms with E-state index in [1.807, 2.05) is 0 Å². The second kappa shape index (κ2) is 10.9. The summed E-state index contributed by atoms with van der Waals surface area (Å²) >= 11 is 0. The monoisotopic (exact) mass is 416 g/mol. The molecule has 29 heavy (non-hydrogen) atoms. The van der Waals surface area contributed by atoms with Crippen LogP contribution in [0.4, 0.5) is 0 Å². The Morgan fingerprint density at radius 2 is 1.76 bits per heavy atom. The highest BCUT2D eigenvalue weighted by molar-refractivity contribution is 7.91. The molecule has 0 fully saturated rings. The van der Waals surface area contributed by atoms with Gasteiger partial charge in [-0.3, -0.25) is 4.79 Å². The quantitative estimate of drug-likeness (QED) is 0.376. The van der Waals surface area contributed by atoms with Gasteiger partial charge in [0.25, 0.3) is 0 Å². The number of methoxy groups -OCH3 is 1. The van der Waals surface area contributed by atoms with Crippen LogP contribution in [0.25, 0.3) is 0 Å². The molecule has 0 radical (unpaired) electrons. The number of hydrogen-bond acceptors (Lipinski definition) is 5. The number of carbonyl (C=O) groups excluding carboxylic acids is 2. The lowest BCUT2D eigenvalue weighted by Gasteiger charge is -2.13. The summed E-state index contributed by atoms with van der Waals surface area (Å²) in [4.78, 5) is 24.2. The van der Waals surface area contributed by atoms with Crippen LogP contribution in [0, 0.1) is 5.92 Å². The molecule has 6 heteroatoms. The molecule has 0 heterocycles. The molecule has 0 aromatic heterocycles. The highest BCUT2D eigenvalue weighted by Gasteiger charge is 2.24. The zero-order valence-corrected chi connectivity index (χ0v) is 17.8. The molecule has 2 aromatic carbocycles. The van der Waals surface area contributed by atoms with E-state index in [0.29, 0.717) is 24.2 Å². The third-order valence-electron chi connectivity index (χ3n) is 4.91. The number of aldehydes is 1. The summed E-state index contributed by atoms with van der Waals surface area (Å²) in [6.07, 6.45) is 4.55. The predicted molar refractivity (Wildman–Crippen MR) is 113 cm³/mol. The van der Waals surface area contributed by atoms with Crippen molar-refractivity contribution in [3.63, 3.8) is 0 Å². The lowest BCUT2D eigenvalue weighted by Crippen LogP contribution is -2.15. The Balaban J connectivity index is 2.25. The fraction of sp³-hybridized carbons (Fsp3) is 0.391. The summed E-state index contributed by atoms with van der Waals surface area (Å²) in [6, 6.07) is 13.0. The first kappa shape index (κ1) is 22.8. The molecule has 0 aliphatic heterocycles. The molecule has 1 atom stereocenters. The number of rotatable bonds is 12. The predicted octanol–water partition coefficient (Wildman–Crippen LogP) is 4.49. The van der Waals surface area contributed by atoms with E-state index < -0.39 is 9.84 Å². The molecule has 0 amide bonds. The normalized spacial score (nSPS) is 12.3. The Morgan fingerprint density at radius 1 is 1.07 bits per heavy atom. The van der Waals surface area contributed by atoms with Crippen LogP contribution >= 0.6 is 0 Å². The molecular weight excluding hydrogens is 388 g/mol. The van der Waals surface area contributed by atoms with Crippen LogP contribution in [0.3, 0.4) is 0 Å². The van der Waals surface area contributed by atoms with E-state index in [4.69, 9.17) is 4.74 Å². The molecule has 0 saturated carbocycles. The van der Waals surface area contributed by atoms with Gasteiger partial charge in [0.2, 0.25) is 0 Å².